The third-order valence-corrected chi connectivity index (χ3v) is 3.26. The number of hydrogen-bond donors (Lipinski definition) is 0. The lowest BCUT2D eigenvalue weighted by atomic mass is 10.4. The van der Waals surface area contributed by atoms with E-state index in [4.69, 9.17) is 9.47 Å². The van der Waals surface area contributed by atoms with Crippen LogP contribution in [-0.2, 0) is 9.47 Å². The summed E-state index contributed by atoms with van der Waals surface area (Å²) in [6, 6.07) is 0. The molecule has 1 heterocycles. The molecule has 14 heavy (non-hydrogen) atoms. The highest BCUT2D eigenvalue weighted by Gasteiger charge is 2.34. The molecule has 3 heteroatoms. The van der Waals surface area contributed by atoms with Gasteiger partial charge in [0.2, 0.25) is 0 Å². The molecule has 1 rings (SSSR count). The molecule has 0 bridgehead atoms. The molecular weight excluding hydrogens is 178 g/mol. The lowest BCUT2D eigenvalue weighted by Crippen LogP contribution is -2.50. The first-order valence-electron chi connectivity index (χ1n) is 5.70. The quantitative estimate of drug-likeness (QED) is 0.501. The topological polar surface area (TPSA) is 18.5 Å². The molecule has 0 amide bonds. The number of nitrogens with zero attached hydrogens (tertiary/aromatic N) is 1. The van der Waals surface area contributed by atoms with Gasteiger partial charge in [-0.3, -0.25) is 0 Å². The fourth-order valence-electron chi connectivity index (χ4n) is 2.12. The lowest BCUT2D eigenvalue weighted by molar-refractivity contribution is -0.944. The molecule has 0 aliphatic carbocycles. The molecule has 1 aliphatic rings. The molecule has 0 N–H and O–H groups in total. The second-order valence-corrected chi connectivity index (χ2v) is 4.39. The molecule has 1 saturated heterocycles. The molecule has 0 radical (unpaired) electrons. The molecule has 1 aliphatic heterocycles. The van der Waals surface area contributed by atoms with Gasteiger partial charge in [-0.05, 0) is 13.8 Å². The van der Waals surface area contributed by atoms with Crippen LogP contribution >= 0.6 is 0 Å². The second-order valence-electron chi connectivity index (χ2n) is 4.39. The van der Waals surface area contributed by atoms with Crippen molar-refractivity contribution < 1.29 is 14.0 Å². The summed E-state index contributed by atoms with van der Waals surface area (Å²) < 4.78 is 12.3. The van der Waals surface area contributed by atoms with Gasteiger partial charge in [0.15, 0.2) is 12.5 Å². The van der Waals surface area contributed by atoms with Gasteiger partial charge in [-0.15, -0.1) is 0 Å². The zero-order valence-electron chi connectivity index (χ0n) is 9.95. The van der Waals surface area contributed by atoms with Crippen LogP contribution in [0.2, 0.25) is 0 Å². The normalized spacial score (nSPS) is 24.9. The van der Waals surface area contributed by atoms with Gasteiger partial charge >= 0.3 is 0 Å². The Hall–Kier alpha value is -0.120. The Morgan fingerprint density at radius 3 is 2.29 bits per heavy atom. The summed E-state index contributed by atoms with van der Waals surface area (Å²) >= 11 is 0. The third-order valence-electron chi connectivity index (χ3n) is 3.26. The molecule has 1 fully saturated rings. The van der Waals surface area contributed by atoms with Crippen molar-refractivity contribution in [3.8, 4) is 0 Å². The lowest BCUT2D eigenvalue weighted by Gasteiger charge is -2.36. The average molecular weight is 202 g/mol. The van der Waals surface area contributed by atoms with Crippen LogP contribution in [-0.4, -0.2) is 43.7 Å². The van der Waals surface area contributed by atoms with E-state index in [9.17, 15) is 0 Å². The van der Waals surface area contributed by atoms with Gasteiger partial charge in [-0.25, -0.2) is 0 Å². The Morgan fingerprint density at radius 1 is 1.21 bits per heavy atom. The van der Waals surface area contributed by atoms with Crippen LogP contribution in [0, 0.1) is 0 Å². The van der Waals surface area contributed by atoms with Crippen molar-refractivity contribution in [1.29, 1.82) is 0 Å². The van der Waals surface area contributed by atoms with E-state index in [1.54, 1.807) is 0 Å². The van der Waals surface area contributed by atoms with Gasteiger partial charge in [0, 0.05) is 26.4 Å². The smallest absolute Gasteiger partial charge is 0.192 e. The van der Waals surface area contributed by atoms with E-state index in [1.165, 1.54) is 25.9 Å². The van der Waals surface area contributed by atoms with Crippen LogP contribution in [0.4, 0.5) is 0 Å². The van der Waals surface area contributed by atoms with Crippen LogP contribution in [0.1, 0.15) is 33.6 Å². The highest BCUT2D eigenvalue weighted by Crippen LogP contribution is 2.22. The minimum absolute atomic E-state index is 0.0782. The van der Waals surface area contributed by atoms with E-state index in [2.05, 4.69) is 14.0 Å². The van der Waals surface area contributed by atoms with Gasteiger partial charge < -0.3 is 14.0 Å². The Balaban J connectivity index is 2.36. The molecule has 0 aromatic rings. The van der Waals surface area contributed by atoms with Gasteiger partial charge in [-0.1, -0.05) is 0 Å². The highest BCUT2D eigenvalue weighted by molar-refractivity contribution is 4.53. The first-order chi connectivity index (χ1) is 6.58. The first-order valence-corrected chi connectivity index (χ1v) is 5.70. The summed E-state index contributed by atoms with van der Waals surface area (Å²) in [5, 5.41) is 0. The minimum Gasteiger partial charge on any atom is -0.353 e. The van der Waals surface area contributed by atoms with Gasteiger partial charge in [-0.2, -0.15) is 0 Å². The Morgan fingerprint density at radius 2 is 1.79 bits per heavy atom. The zero-order chi connectivity index (χ0) is 10.6. The van der Waals surface area contributed by atoms with E-state index < -0.39 is 0 Å². The van der Waals surface area contributed by atoms with Crippen molar-refractivity contribution >= 4 is 0 Å². The fourth-order valence-corrected chi connectivity index (χ4v) is 2.12. The zero-order valence-corrected chi connectivity index (χ0v) is 9.95. The van der Waals surface area contributed by atoms with Crippen molar-refractivity contribution in [3.63, 3.8) is 0 Å². The maximum atomic E-state index is 5.83. The van der Waals surface area contributed by atoms with E-state index in [-0.39, 0.29) is 12.5 Å². The van der Waals surface area contributed by atoms with Gasteiger partial charge in [0.05, 0.1) is 20.1 Å². The number of hydrogen-bond acceptors (Lipinski definition) is 2. The van der Waals surface area contributed by atoms with Crippen molar-refractivity contribution in [3.05, 3.63) is 0 Å². The predicted molar refractivity (Wildman–Crippen MR) is 56.8 cm³/mol. The first kappa shape index (κ1) is 12.0. The van der Waals surface area contributed by atoms with Crippen LogP contribution < -0.4 is 0 Å². The number of ether oxygens (including phenoxy) is 2. The molecule has 0 aromatic heterocycles. The third kappa shape index (κ3) is 2.94. The van der Waals surface area contributed by atoms with E-state index in [0.717, 1.165) is 11.1 Å². The van der Waals surface area contributed by atoms with E-state index in [0.29, 0.717) is 0 Å². The maximum Gasteiger partial charge on any atom is 0.192 e. The Bertz CT molecular complexity index is 167. The maximum absolute atomic E-state index is 5.83. The van der Waals surface area contributed by atoms with Gasteiger partial charge in [0.1, 0.15) is 0 Å². The van der Waals surface area contributed by atoms with Crippen molar-refractivity contribution in [2.24, 2.45) is 0 Å². The van der Waals surface area contributed by atoms with Crippen molar-refractivity contribution in [2.75, 3.05) is 26.7 Å². The molecule has 84 valence electrons. The minimum atomic E-state index is -0.0782. The van der Waals surface area contributed by atoms with E-state index in [1.807, 2.05) is 13.8 Å². The van der Waals surface area contributed by atoms with Crippen LogP contribution in [0.5, 0.6) is 0 Å². The molecular formula is C11H24NO2+. The Kier molecular flexibility index (Phi) is 4.35. The molecule has 0 saturated carbocycles. The summed E-state index contributed by atoms with van der Waals surface area (Å²) in [4.78, 5) is 0. The summed E-state index contributed by atoms with van der Waals surface area (Å²) in [6.45, 7) is 9.32. The standard InChI is InChI=1S/C11H24NO2/c1-5-13-11(3)14-10(2)12(4)8-6-7-9-12/h10-11H,5-9H2,1-4H3/q+1. The SMILES string of the molecule is CCOC(C)OC(C)[N+]1(C)CCCC1. The number of likely N-dealkylation sites (tertiary alicyclic amines) is 1. The Labute approximate surface area is 87.6 Å². The summed E-state index contributed by atoms with van der Waals surface area (Å²) in [6.07, 6.45) is 2.82. The highest BCUT2D eigenvalue weighted by atomic mass is 16.7. The fraction of sp³-hybridized carbons (Fsp3) is 1.00. The molecule has 2 atom stereocenters. The van der Waals surface area contributed by atoms with Crippen molar-refractivity contribution in [2.45, 2.75) is 46.1 Å². The monoisotopic (exact) mass is 202 g/mol. The number of rotatable bonds is 5. The van der Waals surface area contributed by atoms with E-state index >= 15 is 0 Å². The summed E-state index contributed by atoms with van der Waals surface area (Å²) in [7, 11) is 2.27. The van der Waals surface area contributed by atoms with Crippen molar-refractivity contribution in [1.82, 2.24) is 0 Å². The van der Waals surface area contributed by atoms with Crippen LogP contribution in [0.3, 0.4) is 0 Å². The molecule has 0 aromatic carbocycles. The molecule has 3 nitrogen and oxygen atoms in total. The summed E-state index contributed by atoms with van der Waals surface area (Å²) in [5.41, 5.74) is 0. The summed E-state index contributed by atoms with van der Waals surface area (Å²) in [5.74, 6) is 0. The largest absolute Gasteiger partial charge is 0.353 e. The van der Waals surface area contributed by atoms with Crippen LogP contribution in [0.15, 0.2) is 0 Å². The second kappa shape index (κ2) is 5.10. The van der Waals surface area contributed by atoms with Gasteiger partial charge in [0.25, 0.3) is 0 Å². The predicted octanol–water partition coefficient (Wildman–Crippen LogP) is 1.97. The average Bonchev–Trinajstić information content (AvgIpc) is 2.54. The molecule has 0 spiro atoms. The number of quaternary nitrogens is 1. The van der Waals surface area contributed by atoms with Crippen LogP contribution in [0.25, 0.3) is 0 Å². The molecule has 2 unspecified atom stereocenters.